The molecule has 0 radical (unpaired) electrons. The molecule has 0 aliphatic carbocycles. The van der Waals surface area contributed by atoms with Gasteiger partial charge in [0.1, 0.15) is 5.91 Å². The molecule has 0 aliphatic rings. The van der Waals surface area contributed by atoms with Crippen molar-refractivity contribution < 1.29 is 4.39 Å². The van der Waals surface area contributed by atoms with Crippen LogP contribution in [-0.2, 0) is 0 Å². The highest BCUT2D eigenvalue weighted by atomic mass is 31.0. The lowest BCUT2D eigenvalue weighted by Crippen LogP contribution is -2.05. The van der Waals surface area contributed by atoms with Gasteiger partial charge in [-0.1, -0.05) is 9.24 Å². The number of alkyl halides is 1. The minimum Gasteiger partial charge on any atom is -0.402 e. The zero-order valence-corrected chi connectivity index (χ0v) is 7.29. The lowest BCUT2D eigenvalue weighted by Gasteiger charge is -2.03. The average Bonchev–Trinajstić information content (AvgIpc) is 1.81. The van der Waals surface area contributed by atoms with Gasteiger partial charge < -0.3 is 5.73 Å². The van der Waals surface area contributed by atoms with Crippen molar-refractivity contribution in [2.75, 3.05) is 7.05 Å². The number of aliphatic imine (C=N–C) groups is 1. The molecule has 2 unspecified atom stereocenters. The largest absolute Gasteiger partial charge is 0.402 e. The highest BCUT2D eigenvalue weighted by Gasteiger charge is 2.05. The van der Waals surface area contributed by atoms with Crippen LogP contribution in [0.3, 0.4) is 0 Å². The van der Waals surface area contributed by atoms with Crippen LogP contribution in [0.5, 0.6) is 0 Å². The van der Waals surface area contributed by atoms with E-state index < -0.39 is 5.91 Å². The van der Waals surface area contributed by atoms with Crippen molar-refractivity contribution in [3.63, 3.8) is 0 Å². The molecule has 10 heavy (non-hydrogen) atoms. The minimum atomic E-state index is -1.12. The third-order valence-corrected chi connectivity index (χ3v) is 1.38. The molecule has 0 bridgehead atoms. The predicted molar refractivity (Wildman–Crippen MR) is 45.9 cm³/mol. The summed E-state index contributed by atoms with van der Waals surface area (Å²) in [4.78, 5) is 3.66. The molecular formula is C6H12FN2P. The van der Waals surface area contributed by atoms with Crippen LogP contribution < -0.4 is 5.73 Å². The van der Waals surface area contributed by atoms with E-state index in [9.17, 15) is 4.39 Å². The van der Waals surface area contributed by atoms with E-state index in [1.54, 1.807) is 14.0 Å². The molecular weight excluding hydrogens is 150 g/mol. The van der Waals surface area contributed by atoms with Crippen molar-refractivity contribution in [3.8, 4) is 0 Å². The second-order valence-electron chi connectivity index (χ2n) is 1.93. The Morgan fingerprint density at radius 3 is 2.40 bits per heavy atom. The van der Waals surface area contributed by atoms with Crippen LogP contribution in [0.2, 0.25) is 0 Å². The summed E-state index contributed by atoms with van der Waals surface area (Å²) in [6.07, 6.45) is 1.42. The van der Waals surface area contributed by atoms with Gasteiger partial charge in [-0.2, -0.15) is 0 Å². The monoisotopic (exact) mass is 162 g/mol. The third kappa shape index (κ3) is 2.92. The number of nitrogens with two attached hydrogens (primary N) is 1. The Morgan fingerprint density at radius 2 is 2.30 bits per heavy atom. The van der Waals surface area contributed by atoms with E-state index in [0.29, 0.717) is 11.3 Å². The van der Waals surface area contributed by atoms with Gasteiger partial charge in [0, 0.05) is 24.5 Å². The smallest absolute Gasteiger partial charge is 0.141 e. The summed E-state index contributed by atoms with van der Waals surface area (Å²) in [7, 11) is 3.60. The topological polar surface area (TPSA) is 38.4 Å². The number of halogens is 1. The van der Waals surface area contributed by atoms with Crippen molar-refractivity contribution >= 4 is 15.5 Å². The lowest BCUT2D eigenvalue weighted by atomic mass is 10.2. The average molecular weight is 162 g/mol. The summed E-state index contributed by atoms with van der Waals surface area (Å²) in [6.45, 7) is 1.65. The molecule has 0 spiro atoms. The minimum absolute atomic E-state index is 0.424. The summed E-state index contributed by atoms with van der Waals surface area (Å²) < 4.78 is 12.5. The predicted octanol–water partition coefficient (Wildman–Crippen LogP) is 1.09. The maximum atomic E-state index is 12.5. The van der Waals surface area contributed by atoms with Gasteiger partial charge in [0.05, 0.1) is 0 Å². The Bertz CT molecular complexity index is 159. The van der Waals surface area contributed by atoms with Crippen molar-refractivity contribution in [1.82, 2.24) is 0 Å². The van der Waals surface area contributed by atoms with Crippen molar-refractivity contribution in [3.05, 3.63) is 11.3 Å². The van der Waals surface area contributed by atoms with Gasteiger partial charge in [0.25, 0.3) is 0 Å². The molecule has 0 aromatic carbocycles. The summed E-state index contributed by atoms with van der Waals surface area (Å²) in [5.74, 6) is -1.12. The van der Waals surface area contributed by atoms with Gasteiger partial charge in [-0.3, -0.25) is 4.99 Å². The first-order valence-corrected chi connectivity index (χ1v) is 3.54. The number of nitrogens with zero attached hydrogens (tertiary/aromatic N) is 1. The van der Waals surface area contributed by atoms with E-state index in [-0.39, 0.29) is 0 Å². The quantitative estimate of drug-likeness (QED) is 0.479. The van der Waals surface area contributed by atoms with Gasteiger partial charge in [0.2, 0.25) is 0 Å². The maximum Gasteiger partial charge on any atom is 0.141 e. The second-order valence-corrected chi connectivity index (χ2v) is 2.51. The van der Waals surface area contributed by atoms with E-state index in [1.165, 1.54) is 6.21 Å². The molecule has 58 valence electrons. The zero-order chi connectivity index (χ0) is 8.15. The molecule has 0 heterocycles. The first kappa shape index (κ1) is 9.57. The molecule has 0 saturated heterocycles. The zero-order valence-electron chi connectivity index (χ0n) is 6.13. The maximum absolute atomic E-state index is 12.5. The highest BCUT2D eigenvalue weighted by Crippen LogP contribution is 2.13. The van der Waals surface area contributed by atoms with Crippen molar-refractivity contribution in [2.45, 2.75) is 12.8 Å². The number of rotatable bonds is 2. The van der Waals surface area contributed by atoms with E-state index in [1.807, 2.05) is 9.24 Å². The summed E-state index contributed by atoms with van der Waals surface area (Å²) >= 11 is 0. The second kappa shape index (κ2) is 4.40. The Kier molecular flexibility index (Phi) is 4.21. The van der Waals surface area contributed by atoms with Crippen LogP contribution in [0.1, 0.15) is 6.92 Å². The summed E-state index contributed by atoms with van der Waals surface area (Å²) in [5, 5.41) is 0. The standard InChI is InChI=1S/C6H12FN2P/c1-4(8)5(3-9-2)6(7)10/h3,6H,8,10H2,1-2H3/b5-4+,9-3?. The SMILES string of the molecule is CN=C/C(=C(/C)N)C(F)P. The number of allylic oxidation sites excluding steroid dienone is 2. The molecule has 0 aliphatic heterocycles. The van der Waals surface area contributed by atoms with Crippen LogP contribution in [0.15, 0.2) is 16.3 Å². The van der Waals surface area contributed by atoms with Crippen LogP contribution in [0.25, 0.3) is 0 Å². The third-order valence-electron chi connectivity index (χ3n) is 1.02. The first-order chi connectivity index (χ1) is 4.59. The van der Waals surface area contributed by atoms with Crippen LogP contribution in [0.4, 0.5) is 4.39 Å². The molecule has 0 rings (SSSR count). The Morgan fingerprint density at radius 1 is 1.80 bits per heavy atom. The van der Waals surface area contributed by atoms with Gasteiger partial charge in [0.15, 0.2) is 0 Å². The van der Waals surface area contributed by atoms with Crippen molar-refractivity contribution in [1.29, 1.82) is 0 Å². The Hall–Kier alpha value is -0.430. The summed E-state index contributed by atoms with van der Waals surface area (Å²) in [6, 6.07) is 0. The Balaban J connectivity index is 4.44. The fourth-order valence-electron chi connectivity index (χ4n) is 0.530. The first-order valence-electron chi connectivity index (χ1n) is 2.87. The van der Waals surface area contributed by atoms with Gasteiger partial charge in [-0.25, -0.2) is 4.39 Å². The van der Waals surface area contributed by atoms with E-state index in [4.69, 9.17) is 5.73 Å². The van der Waals surface area contributed by atoms with E-state index >= 15 is 0 Å². The van der Waals surface area contributed by atoms with Crippen molar-refractivity contribution in [2.24, 2.45) is 10.7 Å². The molecule has 4 heteroatoms. The normalized spacial score (nSPS) is 17.2. The molecule has 2 nitrogen and oxygen atoms in total. The number of hydrogen-bond donors (Lipinski definition) is 1. The molecule has 0 aromatic heterocycles. The fraction of sp³-hybridized carbons (Fsp3) is 0.500. The van der Waals surface area contributed by atoms with E-state index in [0.717, 1.165) is 0 Å². The molecule has 2 atom stereocenters. The fourth-order valence-corrected chi connectivity index (χ4v) is 0.879. The van der Waals surface area contributed by atoms with Crippen LogP contribution in [-0.4, -0.2) is 19.2 Å². The van der Waals surface area contributed by atoms with Gasteiger partial charge >= 0.3 is 0 Å². The van der Waals surface area contributed by atoms with Gasteiger partial charge in [-0.15, -0.1) is 0 Å². The molecule has 0 aromatic rings. The van der Waals surface area contributed by atoms with E-state index in [2.05, 4.69) is 4.99 Å². The Labute approximate surface area is 62.6 Å². The highest BCUT2D eigenvalue weighted by molar-refractivity contribution is 7.17. The molecule has 0 saturated carbocycles. The molecule has 2 N–H and O–H groups in total. The molecule has 0 amide bonds. The summed E-state index contributed by atoms with van der Waals surface area (Å²) in [5.41, 5.74) is 6.25. The lowest BCUT2D eigenvalue weighted by molar-refractivity contribution is 0.509. The van der Waals surface area contributed by atoms with Crippen LogP contribution >= 0.6 is 9.24 Å². The number of hydrogen-bond acceptors (Lipinski definition) is 2. The van der Waals surface area contributed by atoms with Crippen LogP contribution in [0, 0.1) is 0 Å². The van der Waals surface area contributed by atoms with Gasteiger partial charge in [-0.05, 0) is 6.92 Å². The molecule has 0 fully saturated rings.